The van der Waals surface area contributed by atoms with E-state index in [4.69, 9.17) is 15.7 Å². The van der Waals surface area contributed by atoms with E-state index in [0.29, 0.717) is 6.54 Å². The molecule has 1 aromatic carbocycles. The summed E-state index contributed by atoms with van der Waals surface area (Å²) in [6.07, 6.45) is 0. The molecule has 6 nitrogen and oxygen atoms in total. The van der Waals surface area contributed by atoms with Gasteiger partial charge in [0.05, 0.1) is 19.7 Å². The predicted molar refractivity (Wildman–Crippen MR) is 70.8 cm³/mol. The lowest BCUT2D eigenvalue weighted by molar-refractivity contribution is 0.231. The first-order valence-corrected chi connectivity index (χ1v) is 5.59. The largest absolute Gasteiger partial charge is 0.497 e. The van der Waals surface area contributed by atoms with Crippen LogP contribution in [0.5, 0.6) is 5.75 Å². The molecule has 0 aromatic heterocycles. The van der Waals surface area contributed by atoms with Gasteiger partial charge in [-0.2, -0.15) is 0 Å². The van der Waals surface area contributed by atoms with E-state index < -0.39 is 0 Å². The van der Waals surface area contributed by atoms with E-state index in [1.807, 2.05) is 48.7 Å². The van der Waals surface area contributed by atoms with Crippen molar-refractivity contribution in [2.45, 2.75) is 6.04 Å². The summed E-state index contributed by atoms with van der Waals surface area (Å²) < 4.78 is 5.20. The number of hydroxylamine groups is 1. The number of nitrogens with two attached hydrogens (primary N) is 1. The molecule has 6 heteroatoms. The summed E-state index contributed by atoms with van der Waals surface area (Å²) in [4.78, 5) is 6.08. The van der Waals surface area contributed by atoms with Gasteiger partial charge in [-0.05, 0) is 31.8 Å². The van der Waals surface area contributed by atoms with Crippen LogP contribution in [0.3, 0.4) is 0 Å². The summed E-state index contributed by atoms with van der Waals surface area (Å²) in [6.45, 7) is 0.444. The van der Waals surface area contributed by atoms with E-state index in [1.54, 1.807) is 7.11 Å². The summed E-state index contributed by atoms with van der Waals surface area (Å²) in [5.74, 6) is 0.807. The van der Waals surface area contributed by atoms with E-state index >= 15 is 0 Å². The molecule has 0 radical (unpaired) electrons. The van der Waals surface area contributed by atoms with Gasteiger partial charge in [0.15, 0.2) is 0 Å². The van der Waals surface area contributed by atoms with Crippen molar-refractivity contribution in [3.05, 3.63) is 29.8 Å². The Morgan fingerprint density at radius 2 is 2.28 bits per heavy atom. The maximum absolute atomic E-state index is 8.60. The number of benzene rings is 1. The molecular weight excluding hydrogens is 232 g/mol. The molecule has 0 aliphatic carbocycles. The van der Waals surface area contributed by atoms with E-state index in [2.05, 4.69) is 4.99 Å². The van der Waals surface area contributed by atoms with Gasteiger partial charge in [-0.3, -0.25) is 5.21 Å². The second-order valence-corrected chi connectivity index (χ2v) is 4.09. The molecule has 1 aromatic rings. The number of hydrogen-bond acceptors (Lipinski definition) is 4. The van der Waals surface area contributed by atoms with E-state index in [-0.39, 0.29) is 12.0 Å². The number of methoxy groups -OCH3 is 1. The van der Waals surface area contributed by atoms with Crippen LogP contribution >= 0.6 is 0 Å². The Labute approximate surface area is 107 Å². The van der Waals surface area contributed by atoms with Gasteiger partial charge < -0.3 is 15.4 Å². The highest BCUT2D eigenvalue weighted by Gasteiger charge is 2.14. The van der Waals surface area contributed by atoms with Crippen LogP contribution in [0.2, 0.25) is 0 Å². The maximum Gasteiger partial charge on any atom is 0.212 e. The monoisotopic (exact) mass is 252 g/mol. The molecule has 0 aliphatic heterocycles. The number of ether oxygens (including phenoxy) is 1. The second kappa shape index (κ2) is 6.83. The van der Waals surface area contributed by atoms with Crippen molar-refractivity contribution < 1.29 is 9.94 Å². The molecule has 0 heterocycles. The number of hydrogen-bond donors (Lipinski definition) is 3. The van der Waals surface area contributed by atoms with Crippen LogP contribution in [0.15, 0.2) is 29.3 Å². The highest BCUT2D eigenvalue weighted by Crippen LogP contribution is 2.22. The van der Waals surface area contributed by atoms with Gasteiger partial charge in [-0.1, -0.05) is 12.1 Å². The Balaban J connectivity index is 2.90. The van der Waals surface area contributed by atoms with E-state index in [9.17, 15) is 0 Å². The second-order valence-electron chi connectivity index (χ2n) is 4.09. The van der Waals surface area contributed by atoms with Gasteiger partial charge in [0.2, 0.25) is 5.96 Å². The minimum Gasteiger partial charge on any atom is -0.497 e. The molecule has 0 saturated heterocycles. The summed E-state index contributed by atoms with van der Waals surface area (Å²) in [7, 11) is 5.56. The molecule has 0 amide bonds. The van der Waals surface area contributed by atoms with Crippen molar-refractivity contribution in [3.8, 4) is 5.75 Å². The van der Waals surface area contributed by atoms with Gasteiger partial charge in [0.1, 0.15) is 5.75 Å². The fourth-order valence-electron chi connectivity index (χ4n) is 1.64. The first-order valence-electron chi connectivity index (χ1n) is 5.59. The van der Waals surface area contributed by atoms with Crippen LogP contribution in [-0.4, -0.2) is 43.8 Å². The van der Waals surface area contributed by atoms with Gasteiger partial charge in [0, 0.05) is 0 Å². The molecule has 100 valence electrons. The molecule has 1 unspecified atom stereocenters. The molecule has 0 saturated carbocycles. The molecule has 1 rings (SSSR count). The van der Waals surface area contributed by atoms with Crippen LogP contribution < -0.4 is 16.0 Å². The van der Waals surface area contributed by atoms with Gasteiger partial charge >= 0.3 is 0 Å². The lowest BCUT2D eigenvalue weighted by atomic mass is 10.1. The third kappa shape index (κ3) is 3.90. The number of nitrogens with zero attached hydrogens (tertiary/aromatic N) is 2. The van der Waals surface area contributed by atoms with Crippen LogP contribution in [0.1, 0.15) is 11.6 Å². The molecule has 18 heavy (non-hydrogen) atoms. The zero-order chi connectivity index (χ0) is 13.5. The minimum absolute atomic E-state index is 0.00439. The quantitative estimate of drug-likeness (QED) is 0.406. The Kier molecular flexibility index (Phi) is 5.41. The topological polar surface area (TPSA) is 83.1 Å². The highest BCUT2D eigenvalue weighted by molar-refractivity contribution is 5.76. The molecule has 4 N–H and O–H groups in total. The molecule has 0 aliphatic rings. The number of aliphatic imine (C=N–C) groups is 1. The van der Waals surface area contributed by atoms with Crippen molar-refractivity contribution in [2.75, 3.05) is 27.7 Å². The van der Waals surface area contributed by atoms with Crippen LogP contribution in [0.25, 0.3) is 0 Å². The zero-order valence-corrected chi connectivity index (χ0v) is 10.9. The van der Waals surface area contributed by atoms with Crippen molar-refractivity contribution in [2.24, 2.45) is 10.7 Å². The van der Waals surface area contributed by atoms with Crippen molar-refractivity contribution >= 4 is 5.96 Å². The SMILES string of the molecule is COc1cccc(C(CN=C(N)NO)N(C)C)c1. The maximum atomic E-state index is 8.60. The smallest absolute Gasteiger partial charge is 0.212 e. The van der Waals surface area contributed by atoms with E-state index in [0.717, 1.165) is 11.3 Å². The molecule has 1 atom stereocenters. The molecular formula is C12H20N4O2. The van der Waals surface area contributed by atoms with Crippen molar-refractivity contribution in [3.63, 3.8) is 0 Å². The Hall–Kier alpha value is -1.79. The number of guanidine groups is 1. The lowest BCUT2D eigenvalue weighted by Crippen LogP contribution is -2.30. The lowest BCUT2D eigenvalue weighted by Gasteiger charge is -2.23. The molecule has 0 spiro atoms. The highest BCUT2D eigenvalue weighted by atomic mass is 16.5. The first-order chi connectivity index (χ1) is 8.58. The Morgan fingerprint density at radius 3 is 2.83 bits per heavy atom. The molecule has 0 bridgehead atoms. The summed E-state index contributed by atoms with van der Waals surface area (Å²) in [6, 6.07) is 7.85. The normalized spacial score (nSPS) is 13.5. The number of rotatable bonds is 5. The predicted octanol–water partition coefficient (Wildman–Crippen LogP) is 0.591. The van der Waals surface area contributed by atoms with Crippen LogP contribution in [-0.2, 0) is 0 Å². The van der Waals surface area contributed by atoms with Crippen molar-refractivity contribution in [1.29, 1.82) is 0 Å². The van der Waals surface area contributed by atoms with Crippen molar-refractivity contribution in [1.82, 2.24) is 10.4 Å². The van der Waals surface area contributed by atoms with Gasteiger partial charge in [-0.25, -0.2) is 10.5 Å². The van der Waals surface area contributed by atoms with Gasteiger partial charge in [-0.15, -0.1) is 0 Å². The molecule has 0 fully saturated rings. The summed E-state index contributed by atoms with van der Waals surface area (Å²) in [5, 5.41) is 8.60. The third-order valence-electron chi connectivity index (χ3n) is 2.65. The standard InChI is InChI=1S/C12H20N4O2/c1-16(2)11(8-14-12(13)15-17)9-5-4-6-10(7-9)18-3/h4-7,11,17H,8H2,1-3H3,(H3,13,14,15). The van der Waals surface area contributed by atoms with E-state index in [1.165, 1.54) is 0 Å². The summed E-state index contributed by atoms with van der Waals surface area (Å²) >= 11 is 0. The zero-order valence-electron chi connectivity index (χ0n) is 10.9. The Morgan fingerprint density at radius 1 is 1.56 bits per heavy atom. The average Bonchev–Trinajstić information content (AvgIpc) is 2.38. The Bertz CT molecular complexity index is 407. The third-order valence-corrected chi connectivity index (χ3v) is 2.65. The first kappa shape index (κ1) is 14.3. The van der Waals surface area contributed by atoms with Gasteiger partial charge in [0.25, 0.3) is 0 Å². The number of likely N-dealkylation sites (N-methyl/N-ethyl adjacent to an activating group) is 1. The minimum atomic E-state index is 0.00439. The fraction of sp³-hybridized carbons (Fsp3) is 0.417. The number of nitrogens with one attached hydrogen (secondary N) is 1. The summed E-state index contributed by atoms with van der Waals surface area (Å²) in [5.41, 5.74) is 8.30. The fourth-order valence-corrected chi connectivity index (χ4v) is 1.64. The average molecular weight is 252 g/mol. The van der Waals surface area contributed by atoms with Crippen LogP contribution in [0, 0.1) is 0 Å². The van der Waals surface area contributed by atoms with Crippen LogP contribution in [0.4, 0.5) is 0 Å².